The fourth-order valence-electron chi connectivity index (χ4n) is 2.77. The van der Waals surface area contributed by atoms with Gasteiger partial charge in [0.15, 0.2) is 0 Å². The first-order valence-electron chi connectivity index (χ1n) is 7.98. The van der Waals surface area contributed by atoms with Gasteiger partial charge in [-0.05, 0) is 44.2 Å². The Hall–Kier alpha value is -1.16. The van der Waals surface area contributed by atoms with E-state index in [0.717, 1.165) is 43.6 Å². The Morgan fingerprint density at radius 2 is 2.25 bits per heavy atom. The van der Waals surface area contributed by atoms with E-state index in [2.05, 4.69) is 47.0 Å². The number of hydrogen-bond donors (Lipinski definition) is 1. The van der Waals surface area contributed by atoms with Crippen LogP contribution in [0.5, 0.6) is 0 Å². The monoisotopic (exact) mass is 276 g/mol. The van der Waals surface area contributed by atoms with Crippen LogP contribution in [0.4, 0.5) is 5.82 Å². The van der Waals surface area contributed by atoms with Crippen LogP contribution in [0.3, 0.4) is 0 Å². The van der Waals surface area contributed by atoms with E-state index in [1.807, 2.05) is 0 Å². The molecule has 4 heteroatoms. The lowest BCUT2D eigenvalue weighted by atomic mass is 9.98. The van der Waals surface area contributed by atoms with Crippen LogP contribution in [0.1, 0.15) is 51.6 Å². The van der Waals surface area contributed by atoms with E-state index in [1.165, 1.54) is 19.3 Å². The van der Waals surface area contributed by atoms with Crippen LogP contribution in [-0.2, 0) is 0 Å². The van der Waals surface area contributed by atoms with E-state index < -0.39 is 0 Å². The van der Waals surface area contributed by atoms with E-state index in [-0.39, 0.29) is 0 Å². The van der Waals surface area contributed by atoms with Crippen molar-refractivity contribution in [3.05, 3.63) is 18.1 Å². The molecule has 1 aliphatic heterocycles. The van der Waals surface area contributed by atoms with Crippen molar-refractivity contribution in [1.29, 1.82) is 0 Å². The van der Waals surface area contributed by atoms with E-state index in [1.54, 1.807) is 6.33 Å². The van der Waals surface area contributed by atoms with Crippen molar-refractivity contribution < 1.29 is 0 Å². The minimum Gasteiger partial charge on any atom is -0.356 e. The van der Waals surface area contributed by atoms with E-state index in [0.29, 0.717) is 5.92 Å². The first-order chi connectivity index (χ1) is 9.70. The average molecular weight is 276 g/mol. The summed E-state index contributed by atoms with van der Waals surface area (Å²) in [5.41, 5.74) is 1.14. The summed E-state index contributed by atoms with van der Waals surface area (Å²) in [6.07, 6.45) is 5.51. The van der Waals surface area contributed by atoms with Gasteiger partial charge in [-0.15, -0.1) is 0 Å². The van der Waals surface area contributed by atoms with Crippen molar-refractivity contribution in [2.75, 3.05) is 31.1 Å². The Bertz CT molecular complexity index is 405. The zero-order valence-corrected chi connectivity index (χ0v) is 13.1. The summed E-state index contributed by atoms with van der Waals surface area (Å²) in [6.45, 7) is 11.1. The Kier molecular flexibility index (Phi) is 5.77. The van der Waals surface area contributed by atoms with Crippen LogP contribution in [0.25, 0.3) is 0 Å². The number of aromatic nitrogens is 2. The third kappa shape index (κ3) is 4.17. The second-order valence-electron chi connectivity index (χ2n) is 6.11. The first kappa shape index (κ1) is 15.2. The van der Waals surface area contributed by atoms with Gasteiger partial charge in [0.25, 0.3) is 0 Å². The molecule has 2 rings (SSSR count). The predicted octanol–water partition coefficient (Wildman–Crippen LogP) is 2.82. The maximum atomic E-state index is 4.47. The van der Waals surface area contributed by atoms with Gasteiger partial charge >= 0.3 is 0 Å². The molecular weight excluding hydrogens is 248 g/mol. The molecule has 1 aromatic rings. The molecule has 1 atom stereocenters. The van der Waals surface area contributed by atoms with Crippen LogP contribution >= 0.6 is 0 Å². The SMILES string of the molecule is CCCNCC1CCCN(c2cc(C(C)C)ncn2)C1. The lowest BCUT2D eigenvalue weighted by Gasteiger charge is -2.34. The van der Waals surface area contributed by atoms with Crippen LogP contribution < -0.4 is 10.2 Å². The molecule has 1 aliphatic rings. The zero-order chi connectivity index (χ0) is 14.4. The van der Waals surface area contributed by atoms with Crippen molar-refractivity contribution in [3.63, 3.8) is 0 Å². The van der Waals surface area contributed by atoms with Gasteiger partial charge in [0.2, 0.25) is 0 Å². The highest BCUT2D eigenvalue weighted by molar-refractivity contribution is 5.40. The van der Waals surface area contributed by atoms with Crippen molar-refractivity contribution in [1.82, 2.24) is 15.3 Å². The van der Waals surface area contributed by atoms with Gasteiger partial charge in [0, 0.05) is 24.8 Å². The number of piperidine rings is 1. The van der Waals surface area contributed by atoms with E-state index in [4.69, 9.17) is 0 Å². The largest absolute Gasteiger partial charge is 0.356 e. The van der Waals surface area contributed by atoms with Gasteiger partial charge in [-0.1, -0.05) is 20.8 Å². The molecule has 0 aliphatic carbocycles. The minimum absolute atomic E-state index is 0.462. The number of nitrogens with zero attached hydrogens (tertiary/aromatic N) is 3. The van der Waals surface area contributed by atoms with Crippen molar-refractivity contribution in [2.24, 2.45) is 5.92 Å². The molecule has 0 aromatic carbocycles. The molecule has 112 valence electrons. The molecule has 4 nitrogen and oxygen atoms in total. The lowest BCUT2D eigenvalue weighted by Crippen LogP contribution is -2.40. The Balaban J connectivity index is 1.96. The maximum Gasteiger partial charge on any atom is 0.132 e. The standard InChI is InChI=1S/C16H28N4/c1-4-7-17-10-14-6-5-8-20(11-14)16-9-15(13(2)3)18-12-19-16/h9,12-14,17H,4-8,10-11H2,1-3H3. The highest BCUT2D eigenvalue weighted by Gasteiger charge is 2.21. The van der Waals surface area contributed by atoms with Gasteiger partial charge in [-0.2, -0.15) is 0 Å². The van der Waals surface area contributed by atoms with Gasteiger partial charge in [-0.3, -0.25) is 0 Å². The van der Waals surface area contributed by atoms with Crippen molar-refractivity contribution in [3.8, 4) is 0 Å². The molecule has 1 saturated heterocycles. The molecule has 1 aromatic heterocycles. The quantitative estimate of drug-likeness (QED) is 0.811. The summed E-state index contributed by atoms with van der Waals surface area (Å²) in [6, 6.07) is 2.16. The maximum absolute atomic E-state index is 4.47. The van der Waals surface area contributed by atoms with Crippen LogP contribution in [0.2, 0.25) is 0 Å². The molecular formula is C16H28N4. The van der Waals surface area contributed by atoms with Crippen molar-refractivity contribution in [2.45, 2.75) is 46.0 Å². The van der Waals surface area contributed by atoms with Crippen LogP contribution in [-0.4, -0.2) is 36.1 Å². The zero-order valence-electron chi connectivity index (χ0n) is 13.1. The van der Waals surface area contributed by atoms with Crippen LogP contribution in [0, 0.1) is 5.92 Å². The Morgan fingerprint density at radius 1 is 1.40 bits per heavy atom. The molecule has 1 unspecified atom stereocenters. The smallest absolute Gasteiger partial charge is 0.132 e. The topological polar surface area (TPSA) is 41.0 Å². The molecule has 20 heavy (non-hydrogen) atoms. The summed E-state index contributed by atoms with van der Waals surface area (Å²) < 4.78 is 0. The normalized spacial score (nSPS) is 19.6. The second-order valence-corrected chi connectivity index (χ2v) is 6.11. The summed E-state index contributed by atoms with van der Waals surface area (Å²) in [7, 11) is 0. The van der Waals surface area contributed by atoms with Gasteiger partial charge in [0.05, 0.1) is 0 Å². The first-order valence-corrected chi connectivity index (χ1v) is 7.98. The number of hydrogen-bond acceptors (Lipinski definition) is 4. The predicted molar refractivity (Wildman–Crippen MR) is 84.2 cm³/mol. The van der Waals surface area contributed by atoms with Gasteiger partial charge in [-0.25, -0.2) is 9.97 Å². The number of rotatable bonds is 6. The summed E-state index contributed by atoms with van der Waals surface area (Å²) in [5.74, 6) is 2.31. The molecule has 0 saturated carbocycles. The molecule has 0 amide bonds. The van der Waals surface area contributed by atoms with Gasteiger partial charge < -0.3 is 10.2 Å². The third-order valence-corrected chi connectivity index (χ3v) is 3.97. The summed E-state index contributed by atoms with van der Waals surface area (Å²) >= 11 is 0. The molecule has 0 spiro atoms. The molecule has 2 heterocycles. The van der Waals surface area contributed by atoms with E-state index >= 15 is 0 Å². The van der Waals surface area contributed by atoms with Crippen LogP contribution in [0.15, 0.2) is 12.4 Å². The molecule has 1 N–H and O–H groups in total. The average Bonchev–Trinajstić information content (AvgIpc) is 2.48. The fraction of sp³-hybridized carbons (Fsp3) is 0.750. The highest BCUT2D eigenvalue weighted by atomic mass is 15.2. The van der Waals surface area contributed by atoms with Gasteiger partial charge in [0.1, 0.15) is 12.1 Å². The molecule has 0 bridgehead atoms. The molecule has 0 radical (unpaired) electrons. The summed E-state index contributed by atoms with van der Waals surface area (Å²) in [5, 5.41) is 3.55. The highest BCUT2D eigenvalue weighted by Crippen LogP contribution is 2.23. The number of anilines is 1. The van der Waals surface area contributed by atoms with Crippen molar-refractivity contribution >= 4 is 5.82 Å². The Morgan fingerprint density at radius 3 is 3.00 bits per heavy atom. The Labute approximate surface area is 123 Å². The third-order valence-electron chi connectivity index (χ3n) is 3.97. The fourth-order valence-corrected chi connectivity index (χ4v) is 2.77. The minimum atomic E-state index is 0.462. The summed E-state index contributed by atoms with van der Waals surface area (Å²) in [4.78, 5) is 11.3. The van der Waals surface area contributed by atoms with E-state index in [9.17, 15) is 0 Å². The lowest BCUT2D eigenvalue weighted by molar-refractivity contribution is 0.391. The second kappa shape index (κ2) is 7.58. The number of nitrogens with one attached hydrogen (secondary N) is 1. The molecule has 1 fully saturated rings.